The van der Waals surface area contributed by atoms with E-state index in [0.29, 0.717) is 4.60 Å². The molecule has 0 saturated heterocycles. The monoisotopic (exact) mass is 357 g/mol. The molecule has 0 spiro atoms. The molecular weight excluding hydrogens is 350 g/mol. The fraction of sp³-hybridized carbons (Fsp3) is 0. The number of nitrogens with zero attached hydrogens (tertiary/aromatic N) is 2. The van der Waals surface area contributed by atoms with Gasteiger partial charge in [0.15, 0.2) is 0 Å². The summed E-state index contributed by atoms with van der Waals surface area (Å²) in [5.41, 5.74) is -0.0264. The molecule has 2 rings (SSSR count). The first-order valence-corrected chi connectivity index (χ1v) is 7.55. The van der Waals surface area contributed by atoms with E-state index in [-0.39, 0.29) is 16.3 Å². The molecule has 1 N–H and O–H groups in total. The van der Waals surface area contributed by atoms with Gasteiger partial charge in [-0.15, -0.1) is 0 Å². The Hall–Kier alpha value is -2.00. The number of nitro groups is 1. The third kappa shape index (κ3) is 3.31. The number of halogens is 1. The van der Waals surface area contributed by atoms with Gasteiger partial charge in [-0.3, -0.25) is 14.8 Å². The third-order valence-corrected chi connectivity index (χ3v) is 4.17. The molecule has 1 aromatic carbocycles. The van der Waals surface area contributed by atoms with Gasteiger partial charge in [0.25, 0.3) is 15.7 Å². The Balaban J connectivity index is 2.33. The minimum atomic E-state index is -3.89. The highest BCUT2D eigenvalue weighted by atomic mass is 79.9. The molecule has 1 aromatic heterocycles. The number of nitrogens with one attached hydrogen (secondary N) is 1. The van der Waals surface area contributed by atoms with Crippen LogP contribution in [0, 0.1) is 10.1 Å². The topological polar surface area (TPSA) is 102 Å². The number of sulfonamides is 1. The van der Waals surface area contributed by atoms with Crippen molar-refractivity contribution < 1.29 is 13.3 Å². The Morgan fingerprint density at radius 2 is 2.00 bits per heavy atom. The number of aromatic nitrogens is 1. The number of hydrogen-bond acceptors (Lipinski definition) is 5. The van der Waals surface area contributed by atoms with Crippen LogP contribution in [0.4, 0.5) is 11.4 Å². The van der Waals surface area contributed by atoms with Crippen LogP contribution in [0.25, 0.3) is 0 Å². The summed E-state index contributed by atoms with van der Waals surface area (Å²) in [6.45, 7) is 0. The summed E-state index contributed by atoms with van der Waals surface area (Å²) in [7, 11) is -3.89. The highest BCUT2D eigenvalue weighted by Crippen LogP contribution is 2.20. The maximum Gasteiger partial charge on any atom is 0.270 e. The largest absolute Gasteiger partial charge is 0.278 e. The summed E-state index contributed by atoms with van der Waals surface area (Å²) in [5, 5.41) is 10.7. The van der Waals surface area contributed by atoms with Crippen molar-refractivity contribution in [2.75, 3.05) is 4.72 Å². The van der Waals surface area contributed by atoms with E-state index in [9.17, 15) is 18.5 Å². The molecule has 20 heavy (non-hydrogen) atoms. The zero-order valence-corrected chi connectivity index (χ0v) is 12.3. The molecule has 2 aromatic rings. The summed E-state index contributed by atoms with van der Waals surface area (Å²) >= 11 is 3.13. The van der Waals surface area contributed by atoms with Gasteiger partial charge in [0, 0.05) is 12.1 Å². The van der Waals surface area contributed by atoms with Gasteiger partial charge < -0.3 is 0 Å². The number of benzene rings is 1. The fourth-order valence-electron chi connectivity index (χ4n) is 1.41. The van der Waals surface area contributed by atoms with Crippen LogP contribution in [0.2, 0.25) is 0 Å². The van der Waals surface area contributed by atoms with Crippen LogP contribution in [0.3, 0.4) is 0 Å². The van der Waals surface area contributed by atoms with E-state index in [0.717, 1.165) is 6.07 Å². The molecule has 0 saturated carbocycles. The fourth-order valence-corrected chi connectivity index (χ4v) is 2.73. The predicted octanol–water partition coefficient (Wildman–Crippen LogP) is 2.55. The Bertz CT molecular complexity index is 747. The summed E-state index contributed by atoms with van der Waals surface area (Å²) in [6.07, 6.45) is 1.33. The lowest BCUT2D eigenvalue weighted by Crippen LogP contribution is -2.13. The summed E-state index contributed by atoms with van der Waals surface area (Å²) in [6, 6.07) is 7.90. The molecule has 0 unspecified atom stereocenters. The minimum Gasteiger partial charge on any atom is -0.278 e. The van der Waals surface area contributed by atoms with Crippen molar-refractivity contribution in [2.24, 2.45) is 0 Å². The average Bonchev–Trinajstić information content (AvgIpc) is 2.41. The molecule has 0 bridgehead atoms. The molecule has 0 amide bonds. The second-order valence-corrected chi connectivity index (χ2v) is 6.22. The summed E-state index contributed by atoms with van der Waals surface area (Å²) in [4.78, 5) is 13.7. The predicted molar refractivity (Wildman–Crippen MR) is 75.8 cm³/mol. The number of pyridine rings is 1. The van der Waals surface area contributed by atoms with Crippen LogP contribution in [0.1, 0.15) is 0 Å². The zero-order valence-electron chi connectivity index (χ0n) is 9.86. The van der Waals surface area contributed by atoms with E-state index < -0.39 is 14.9 Å². The van der Waals surface area contributed by atoms with Crippen LogP contribution < -0.4 is 4.72 Å². The first kappa shape index (κ1) is 14.4. The van der Waals surface area contributed by atoms with E-state index in [1.54, 1.807) is 6.07 Å². The lowest BCUT2D eigenvalue weighted by atomic mass is 10.3. The van der Waals surface area contributed by atoms with Gasteiger partial charge in [-0.1, -0.05) is 6.07 Å². The molecule has 9 heteroatoms. The van der Waals surface area contributed by atoms with Crippen molar-refractivity contribution >= 4 is 37.3 Å². The van der Waals surface area contributed by atoms with Crippen LogP contribution in [-0.4, -0.2) is 18.3 Å². The maximum atomic E-state index is 12.1. The second-order valence-electron chi connectivity index (χ2n) is 3.73. The van der Waals surface area contributed by atoms with E-state index in [4.69, 9.17) is 0 Å². The molecule has 1 heterocycles. The first-order valence-electron chi connectivity index (χ1n) is 5.27. The van der Waals surface area contributed by atoms with Crippen LogP contribution >= 0.6 is 15.9 Å². The van der Waals surface area contributed by atoms with Crippen molar-refractivity contribution in [1.82, 2.24) is 4.98 Å². The SMILES string of the molecule is O=[N+]([O-])c1cccc(S(=O)(=O)Nc2ccc(Br)nc2)c1. The molecule has 0 aliphatic carbocycles. The first-order chi connectivity index (χ1) is 9.38. The van der Waals surface area contributed by atoms with Crippen LogP contribution in [-0.2, 0) is 10.0 Å². The van der Waals surface area contributed by atoms with Gasteiger partial charge in [-0.25, -0.2) is 13.4 Å². The molecular formula is C11H8BrN3O4S. The molecule has 0 aliphatic rings. The minimum absolute atomic E-state index is 0.186. The Morgan fingerprint density at radius 1 is 1.25 bits per heavy atom. The van der Waals surface area contributed by atoms with Crippen molar-refractivity contribution in [2.45, 2.75) is 4.90 Å². The number of hydrogen-bond donors (Lipinski definition) is 1. The van der Waals surface area contributed by atoms with Crippen LogP contribution in [0.15, 0.2) is 52.1 Å². The zero-order chi connectivity index (χ0) is 14.8. The van der Waals surface area contributed by atoms with Crippen molar-refractivity contribution in [3.05, 3.63) is 57.3 Å². The lowest BCUT2D eigenvalue weighted by molar-refractivity contribution is -0.385. The van der Waals surface area contributed by atoms with Gasteiger partial charge in [0.2, 0.25) is 0 Å². The quantitative estimate of drug-likeness (QED) is 0.514. The standard InChI is InChI=1S/C11H8BrN3O4S/c12-11-5-4-8(7-13-11)14-20(18,19)10-3-1-2-9(6-10)15(16)17/h1-7,14H. The normalized spacial score (nSPS) is 11.1. The van der Waals surface area contributed by atoms with E-state index in [2.05, 4.69) is 25.6 Å². The van der Waals surface area contributed by atoms with Gasteiger partial charge in [0.1, 0.15) is 4.60 Å². The molecule has 0 fully saturated rings. The Kier molecular flexibility index (Phi) is 4.00. The third-order valence-electron chi connectivity index (χ3n) is 2.32. The lowest BCUT2D eigenvalue weighted by Gasteiger charge is -2.07. The summed E-state index contributed by atoms with van der Waals surface area (Å²) in [5.74, 6) is 0. The van der Waals surface area contributed by atoms with E-state index in [1.165, 1.54) is 30.5 Å². The van der Waals surface area contributed by atoms with Crippen LogP contribution in [0.5, 0.6) is 0 Å². The maximum absolute atomic E-state index is 12.1. The van der Waals surface area contributed by atoms with Crippen molar-refractivity contribution in [3.8, 4) is 0 Å². The van der Waals surface area contributed by atoms with Crippen molar-refractivity contribution in [3.63, 3.8) is 0 Å². The van der Waals surface area contributed by atoms with Crippen molar-refractivity contribution in [1.29, 1.82) is 0 Å². The smallest absolute Gasteiger partial charge is 0.270 e. The number of nitro benzene ring substituents is 1. The Labute approximate surface area is 123 Å². The van der Waals surface area contributed by atoms with Gasteiger partial charge >= 0.3 is 0 Å². The average molecular weight is 358 g/mol. The molecule has 0 aliphatic heterocycles. The molecule has 0 atom stereocenters. The van der Waals surface area contributed by atoms with Gasteiger partial charge in [-0.05, 0) is 34.1 Å². The highest BCUT2D eigenvalue weighted by Gasteiger charge is 2.17. The van der Waals surface area contributed by atoms with Gasteiger partial charge in [0.05, 0.1) is 21.7 Å². The molecule has 0 radical (unpaired) electrons. The van der Waals surface area contributed by atoms with E-state index >= 15 is 0 Å². The highest BCUT2D eigenvalue weighted by molar-refractivity contribution is 9.10. The number of rotatable bonds is 4. The number of non-ortho nitro benzene ring substituents is 1. The Morgan fingerprint density at radius 3 is 2.60 bits per heavy atom. The molecule has 104 valence electrons. The van der Waals surface area contributed by atoms with Gasteiger partial charge in [-0.2, -0.15) is 0 Å². The number of anilines is 1. The molecule has 7 nitrogen and oxygen atoms in total. The second kappa shape index (κ2) is 5.55. The summed E-state index contributed by atoms with van der Waals surface area (Å²) < 4.78 is 27.0. The van der Waals surface area contributed by atoms with E-state index in [1.807, 2.05) is 0 Å².